The lowest BCUT2D eigenvalue weighted by molar-refractivity contribution is -0.384. The van der Waals surface area contributed by atoms with Crippen LogP contribution in [-0.2, 0) is 9.59 Å². The van der Waals surface area contributed by atoms with Gasteiger partial charge in [0.15, 0.2) is 0 Å². The van der Waals surface area contributed by atoms with Crippen molar-refractivity contribution in [2.24, 2.45) is 5.92 Å². The topological polar surface area (TPSA) is 111 Å². The Morgan fingerprint density at radius 3 is 2.62 bits per heavy atom. The van der Waals surface area contributed by atoms with E-state index in [1.807, 2.05) is 0 Å². The second-order valence-corrected chi connectivity index (χ2v) is 6.69. The molecule has 1 N–H and O–H groups in total. The third kappa shape index (κ3) is 4.13. The van der Waals surface area contributed by atoms with E-state index in [0.29, 0.717) is 28.4 Å². The fourth-order valence-corrected chi connectivity index (χ4v) is 3.22. The zero-order chi connectivity index (χ0) is 21.1. The number of carbonyl (C=O) groups excluding carboxylic acids is 2. The maximum absolute atomic E-state index is 12.7. The van der Waals surface area contributed by atoms with Crippen molar-refractivity contribution in [2.75, 3.05) is 31.0 Å². The van der Waals surface area contributed by atoms with Crippen molar-refractivity contribution in [1.29, 1.82) is 0 Å². The van der Waals surface area contributed by atoms with Gasteiger partial charge in [0, 0.05) is 31.2 Å². The average Bonchev–Trinajstić information content (AvgIpc) is 3.10. The molecule has 1 aliphatic rings. The van der Waals surface area contributed by atoms with Crippen molar-refractivity contribution < 1.29 is 24.0 Å². The van der Waals surface area contributed by atoms with E-state index < -0.39 is 10.8 Å². The Balaban J connectivity index is 1.78. The van der Waals surface area contributed by atoms with Crippen LogP contribution in [-0.4, -0.2) is 37.5 Å². The van der Waals surface area contributed by atoms with Crippen LogP contribution in [0.3, 0.4) is 0 Å². The summed E-state index contributed by atoms with van der Waals surface area (Å²) in [5.41, 5.74) is 1.50. The van der Waals surface area contributed by atoms with Crippen LogP contribution in [0.2, 0.25) is 0 Å². The second-order valence-electron chi connectivity index (χ2n) is 6.69. The van der Waals surface area contributed by atoms with Gasteiger partial charge in [0.2, 0.25) is 11.8 Å². The number of hydrogen-bond donors (Lipinski definition) is 1. The van der Waals surface area contributed by atoms with Crippen LogP contribution in [0.5, 0.6) is 11.5 Å². The van der Waals surface area contributed by atoms with Gasteiger partial charge in [-0.25, -0.2) is 0 Å². The Kier molecular flexibility index (Phi) is 5.67. The molecular formula is C20H21N3O6. The number of nitro groups is 1. The molecule has 29 heavy (non-hydrogen) atoms. The van der Waals surface area contributed by atoms with Gasteiger partial charge in [-0.15, -0.1) is 0 Å². The number of carbonyl (C=O) groups is 2. The maximum atomic E-state index is 12.7. The number of rotatable bonds is 6. The van der Waals surface area contributed by atoms with E-state index in [2.05, 4.69) is 5.32 Å². The van der Waals surface area contributed by atoms with Crippen LogP contribution >= 0.6 is 0 Å². The number of hydrogen-bond acceptors (Lipinski definition) is 6. The first-order valence-electron chi connectivity index (χ1n) is 8.92. The van der Waals surface area contributed by atoms with Crippen molar-refractivity contribution in [1.82, 2.24) is 0 Å². The number of nitrogens with one attached hydrogen (secondary N) is 1. The largest absolute Gasteiger partial charge is 0.497 e. The predicted molar refractivity (Wildman–Crippen MR) is 106 cm³/mol. The Morgan fingerprint density at radius 2 is 1.97 bits per heavy atom. The van der Waals surface area contributed by atoms with Gasteiger partial charge in [0.1, 0.15) is 11.5 Å². The molecule has 2 amide bonds. The minimum absolute atomic E-state index is 0.0367. The highest BCUT2D eigenvalue weighted by Crippen LogP contribution is 2.36. The number of amides is 2. The molecule has 0 unspecified atom stereocenters. The molecule has 9 nitrogen and oxygen atoms in total. The van der Waals surface area contributed by atoms with Gasteiger partial charge in [0.05, 0.1) is 36.4 Å². The quantitative estimate of drug-likeness (QED) is 0.591. The van der Waals surface area contributed by atoms with Gasteiger partial charge in [-0.1, -0.05) is 6.07 Å². The zero-order valence-electron chi connectivity index (χ0n) is 16.3. The molecular weight excluding hydrogens is 378 g/mol. The monoisotopic (exact) mass is 399 g/mol. The van der Waals surface area contributed by atoms with Gasteiger partial charge >= 0.3 is 0 Å². The SMILES string of the molecule is COc1ccc(N2C[C@H](C(=O)Nc3cc([N+](=O)[O-])ccc3C)CC2=O)c(OC)c1. The Hall–Kier alpha value is -3.62. The summed E-state index contributed by atoms with van der Waals surface area (Å²) in [6.45, 7) is 1.93. The molecule has 0 aromatic heterocycles. The molecule has 1 saturated heterocycles. The van der Waals surface area contributed by atoms with E-state index in [-0.39, 0.29) is 30.5 Å². The smallest absolute Gasteiger partial charge is 0.271 e. The highest BCUT2D eigenvalue weighted by atomic mass is 16.6. The lowest BCUT2D eigenvalue weighted by atomic mass is 10.1. The van der Waals surface area contributed by atoms with E-state index in [4.69, 9.17) is 9.47 Å². The molecule has 1 heterocycles. The number of nitro benzene ring substituents is 1. The second kappa shape index (κ2) is 8.17. The molecule has 9 heteroatoms. The highest BCUT2D eigenvalue weighted by molar-refractivity contribution is 6.04. The first kappa shape index (κ1) is 20.1. The molecule has 2 aromatic carbocycles. The normalized spacial score (nSPS) is 15.9. The third-order valence-electron chi connectivity index (χ3n) is 4.86. The maximum Gasteiger partial charge on any atom is 0.271 e. The summed E-state index contributed by atoms with van der Waals surface area (Å²) in [4.78, 5) is 37.2. The lowest BCUT2D eigenvalue weighted by Gasteiger charge is -2.20. The molecule has 0 aliphatic carbocycles. The van der Waals surface area contributed by atoms with E-state index >= 15 is 0 Å². The number of methoxy groups -OCH3 is 2. The van der Waals surface area contributed by atoms with Crippen LogP contribution in [0.15, 0.2) is 36.4 Å². The van der Waals surface area contributed by atoms with Crippen molar-refractivity contribution in [3.63, 3.8) is 0 Å². The summed E-state index contributed by atoms with van der Waals surface area (Å²) in [7, 11) is 3.03. The summed E-state index contributed by atoms with van der Waals surface area (Å²) in [5.74, 6) is -0.102. The minimum atomic E-state index is -0.590. The predicted octanol–water partition coefficient (Wildman–Crippen LogP) is 2.91. The molecule has 0 saturated carbocycles. The van der Waals surface area contributed by atoms with Crippen LogP contribution < -0.4 is 19.7 Å². The molecule has 0 radical (unpaired) electrons. The van der Waals surface area contributed by atoms with Crippen molar-refractivity contribution >= 4 is 28.9 Å². The molecule has 1 atom stereocenters. The number of ether oxygens (including phenoxy) is 2. The Bertz CT molecular complexity index is 975. The number of aryl methyl sites for hydroxylation is 1. The number of nitrogens with zero attached hydrogens (tertiary/aromatic N) is 2. The summed E-state index contributed by atoms with van der Waals surface area (Å²) in [5, 5.41) is 13.7. The summed E-state index contributed by atoms with van der Waals surface area (Å²) >= 11 is 0. The first-order valence-corrected chi connectivity index (χ1v) is 8.92. The van der Waals surface area contributed by atoms with Gasteiger partial charge < -0.3 is 19.7 Å². The average molecular weight is 399 g/mol. The van der Waals surface area contributed by atoms with Crippen LogP contribution in [0.4, 0.5) is 17.1 Å². The fourth-order valence-electron chi connectivity index (χ4n) is 3.22. The van der Waals surface area contributed by atoms with Gasteiger partial charge in [-0.3, -0.25) is 19.7 Å². The lowest BCUT2D eigenvalue weighted by Crippen LogP contribution is -2.28. The highest BCUT2D eigenvalue weighted by Gasteiger charge is 2.36. The molecule has 2 aromatic rings. The Morgan fingerprint density at radius 1 is 1.21 bits per heavy atom. The molecule has 152 valence electrons. The standard InChI is InChI=1S/C20H21N3O6/c1-12-4-5-14(23(26)27)9-16(12)21-20(25)13-8-19(24)22(11-13)17-7-6-15(28-2)10-18(17)29-3/h4-7,9-10,13H,8,11H2,1-3H3,(H,21,25)/t13-/m1/s1. The molecule has 3 rings (SSSR count). The van der Waals surface area contributed by atoms with Crippen LogP contribution in [0, 0.1) is 23.0 Å². The first-order chi connectivity index (χ1) is 13.8. The summed E-state index contributed by atoms with van der Waals surface area (Å²) in [6.07, 6.45) is 0.0367. The molecule has 1 aliphatic heterocycles. The third-order valence-corrected chi connectivity index (χ3v) is 4.86. The fraction of sp³-hybridized carbons (Fsp3) is 0.300. The zero-order valence-corrected chi connectivity index (χ0v) is 16.3. The minimum Gasteiger partial charge on any atom is -0.497 e. The van der Waals surface area contributed by atoms with Crippen molar-refractivity contribution in [3.05, 3.63) is 52.1 Å². The van der Waals surface area contributed by atoms with Crippen molar-refractivity contribution in [2.45, 2.75) is 13.3 Å². The summed E-state index contributed by atoms with van der Waals surface area (Å²) < 4.78 is 10.5. The van der Waals surface area contributed by atoms with E-state index in [1.54, 1.807) is 31.2 Å². The van der Waals surface area contributed by atoms with Crippen LogP contribution in [0.25, 0.3) is 0 Å². The number of anilines is 2. The van der Waals surface area contributed by atoms with E-state index in [1.165, 1.54) is 31.3 Å². The van der Waals surface area contributed by atoms with Gasteiger partial charge in [-0.05, 0) is 24.6 Å². The van der Waals surface area contributed by atoms with Gasteiger partial charge in [-0.2, -0.15) is 0 Å². The van der Waals surface area contributed by atoms with Gasteiger partial charge in [0.25, 0.3) is 5.69 Å². The number of benzene rings is 2. The van der Waals surface area contributed by atoms with E-state index in [0.717, 1.165) is 0 Å². The van der Waals surface area contributed by atoms with E-state index in [9.17, 15) is 19.7 Å². The molecule has 0 spiro atoms. The number of non-ortho nitro benzene ring substituents is 1. The molecule has 0 bridgehead atoms. The summed E-state index contributed by atoms with van der Waals surface area (Å²) in [6, 6.07) is 9.35. The molecule has 1 fully saturated rings. The Labute approximate surface area is 167 Å². The van der Waals surface area contributed by atoms with Crippen LogP contribution in [0.1, 0.15) is 12.0 Å². The van der Waals surface area contributed by atoms with Crippen molar-refractivity contribution in [3.8, 4) is 11.5 Å².